The van der Waals surface area contributed by atoms with Crippen molar-refractivity contribution < 1.29 is 14.3 Å². The van der Waals surface area contributed by atoms with E-state index >= 15 is 0 Å². The lowest BCUT2D eigenvalue weighted by Gasteiger charge is -2.12. The number of rotatable bonds is 11. The maximum Gasteiger partial charge on any atom is 0.340 e. The SMILES string of the molecule is CCCCCCc1cnc(-c2ccc(OC(=O)C(C)OCCC)cc2)nc1. The van der Waals surface area contributed by atoms with E-state index in [1.54, 1.807) is 19.1 Å². The average Bonchev–Trinajstić information content (AvgIpc) is 2.70. The van der Waals surface area contributed by atoms with Crippen LogP contribution in [0, 0.1) is 0 Å². The molecule has 0 fully saturated rings. The molecule has 27 heavy (non-hydrogen) atoms. The fourth-order valence-electron chi connectivity index (χ4n) is 2.62. The summed E-state index contributed by atoms with van der Waals surface area (Å²) in [7, 11) is 0. The van der Waals surface area contributed by atoms with Gasteiger partial charge in [-0.15, -0.1) is 0 Å². The maximum atomic E-state index is 12.0. The molecular formula is C22H30N2O3. The van der Waals surface area contributed by atoms with Gasteiger partial charge in [-0.1, -0.05) is 33.1 Å². The number of ether oxygens (including phenoxy) is 2. The fraction of sp³-hybridized carbons (Fsp3) is 0.500. The smallest absolute Gasteiger partial charge is 0.340 e. The van der Waals surface area contributed by atoms with Crippen LogP contribution in [0.15, 0.2) is 36.7 Å². The fourth-order valence-corrected chi connectivity index (χ4v) is 2.62. The first kappa shape index (κ1) is 21.0. The van der Waals surface area contributed by atoms with Crippen LogP contribution in [0.3, 0.4) is 0 Å². The Kier molecular flexibility index (Phi) is 8.92. The summed E-state index contributed by atoms with van der Waals surface area (Å²) >= 11 is 0. The van der Waals surface area contributed by atoms with E-state index in [-0.39, 0.29) is 5.97 Å². The third kappa shape index (κ3) is 7.10. The van der Waals surface area contributed by atoms with Crippen LogP contribution in [0.1, 0.15) is 58.4 Å². The summed E-state index contributed by atoms with van der Waals surface area (Å²) in [6, 6.07) is 7.22. The van der Waals surface area contributed by atoms with E-state index in [1.165, 1.54) is 31.2 Å². The highest BCUT2D eigenvalue weighted by Gasteiger charge is 2.15. The van der Waals surface area contributed by atoms with Gasteiger partial charge in [-0.05, 0) is 56.0 Å². The Bertz CT molecular complexity index is 684. The van der Waals surface area contributed by atoms with Crippen LogP contribution in [0.4, 0.5) is 0 Å². The molecule has 2 rings (SSSR count). The molecule has 1 aromatic carbocycles. The van der Waals surface area contributed by atoms with Gasteiger partial charge in [0.1, 0.15) is 5.75 Å². The molecule has 0 amide bonds. The van der Waals surface area contributed by atoms with Crippen LogP contribution in [0.5, 0.6) is 5.75 Å². The predicted octanol–water partition coefficient (Wildman–Crippen LogP) is 4.99. The molecule has 1 atom stereocenters. The summed E-state index contributed by atoms with van der Waals surface area (Å²) in [5.74, 6) is 0.771. The summed E-state index contributed by atoms with van der Waals surface area (Å²) in [4.78, 5) is 20.9. The van der Waals surface area contributed by atoms with E-state index in [0.717, 1.165) is 18.4 Å². The van der Waals surface area contributed by atoms with E-state index in [1.807, 2.05) is 31.5 Å². The van der Waals surface area contributed by atoms with Gasteiger partial charge in [0.05, 0.1) is 0 Å². The monoisotopic (exact) mass is 370 g/mol. The van der Waals surface area contributed by atoms with Crippen molar-refractivity contribution in [3.63, 3.8) is 0 Å². The third-order valence-corrected chi connectivity index (χ3v) is 4.26. The first-order chi connectivity index (χ1) is 13.1. The van der Waals surface area contributed by atoms with Gasteiger partial charge in [-0.2, -0.15) is 0 Å². The summed E-state index contributed by atoms with van der Waals surface area (Å²) in [5, 5.41) is 0. The molecule has 0 N–H and O–H groups in total. The number of esters is 1. The Balaban J connectivity index is 1.89. The van der Waals surface area contributed by atoms with Crippen LogP contribution in [0.2, 0.25) is 0 Å². The standard InChI is InChI=1S/C22H30N2O3/c1-4-6-7-8-9-18-15-23-21(24-16-18)19-10-12-20(13-11-19)27-22(25)17(3)26-14-5-2/h10-13,15-17H,4-9,14H2,1-3H3. The molecule has 1 heterocycles. The predicted molar refractivity (Wildman–Crippen MR) is 107 cm³/mol. The molecule has 0 radical (unpaired) electrons. The number of carbonyl (C=O) groups is 1. The minimum absolute atomic E-state index is 0.389. The van der Waals surface area contributed by atoms with E-state index in [9.17, 15) is 4.79 Å². The van der Waals surface area contributed by atoms with Gasteiger partial charge < -0.3 is 9.47 Å². The molecule has 1 aromatic heterocycles. The Morgan fingerprint density at radius 1 is 1.00 bits per heavy atom. The molecule has 0 bridgehead atoms. The van der Waals surface area contributed by atoms with Crippen LogP contribution in [0.25, 0.3) is 11.4 Å². The second kappa shape index (κ2) is 11.4. The molecule has 146 valence electrons. The van der Waals surface area contributed by atoms with Crippen molar-refractivity contribution in [3.8, 4) is 17.1 Å². The molecule has 1 unspecified atom stereocenters. The quantitative estimate of drug-likeness (QED) is 0.317. The minimum atomic E-state index is -0.571. The summed E-state index contributed by atoms with van der Waals surface area (Å²) < 4.78 is 10.7. The number of carbonyl (C=O) groups excluding carboxylic acids is 1. The van der Waals surface area contributed by atoms with E-state index in [0.29, 0.717) is 18.2 Å². The molecule has 0 aliphatic carbocycles. The van der Waals surface area contributed by atoms with Crippen molar-refractivity contribution in [3.05, 3.63) is 42.2 Å². The molecule has 0 aliphatic heterocycles. The number of nitrogens with zero attached hydrogens (tertiary/aromatic N) is 2. The van der Waals surface area contributed by atoms with Crippen LogP contribution < -0.4 is 4.74 Å². The Hall–Kier alpha value is -2.27. The number of hydrogen-bond acceptors (Lipinski definition) is 5. The van der Waals surface area contributed by atoms with Crippen molar-refractivity contribution in [2.24, 2.45) is 0 Å². The van der Waals surface area contributed by atoms with E-state index in [2.05, 4.69) is 16.9 Å². The van der Waals surface area contributed by atoms with Gasteiger partial charge in [0.15, 0.2) is 11.9 Å². The van der Waals surface area contributed by atoms with Crippen molar-refractivity contribution in [1.29, 1.82) is 0 Å². The Morgan fingerprint density at radius 3 is 2.33 bits per heavy atom. The summed E-state index contributed by atoms with van der Waals surface area (Å²) in [5.41, 5.74) is 2.06. The van der Waals surface area contributed by atoms with Crippen LogP contribution in [-0.2, 0) is 16.0 Å². The summed E-state index contributed by atoms with van der Waals surface area (Å²) in [6.07, 6.45) is 10.1. The highest BCUT2D eigenvalue weighted by atomic mass is 16.6. The summed E-state index contributed by atoms with van der Waals surface area (Å²) in [6.45, 7) is 6.45. The van der Waals surface area contributed by atoms with Crippen LogP contribution in [-0.4, -0.2) is 28.6 Å². The largest absolute Gasteiger partial charge is 0.425 e. The van der Waals surface area contributed by atoms with Gasteiger partial charge in [0.2, 0.25) is 0 Å². The number of unbranched alkanes of at least 4 members (excludes halogenated alkanes) is 3. The van der Waals surface area contributed by atoms with Gasteiger partial charge >= 0.3 is 5.97 Å². The second-order valence-corrected chi connectivity index (χ2v) is 6.68. The molecule has 0 spiro atoms. The maximum absolute atomic E-state index is 12.0. The van der Waals surface area contributed by atoms with Gasteiger partial charge in [0.25, 0.3) is 0 Å². The molecule has 0 saturated heterocycles. The molecule has 0 saturated carbocycles. The van der Waals surface area contributed by atoms with E-state index < -0.39 is 6.10 Å². The Labute approximate surface area is 162 Å². The number of hydrogen-bond donors (Lipinski definition) is 0. The highest BCUT2D eigenvalue weighted by molar-refractivity contribution is 5.77. The zero-order valence-electron chi connectivity index (χ0n) is 16.6. The molecule has 5 heteroatoms. The first-order valence-corrected chi connectivity index (χ1v) is 9.88. The zero-order chi connectivity index (χ0) is 19.5. The van der Waals surface area contributed by atoms with Crippen molar-refractivity contribution in [2.75, 3.05) is 6.61 Å². The second-order valence-electron chi connectivity index (χ2n) is 6.68. The molecular weight excluding hydrogens is 340 g/mol. The lowest BCUT2D eigenvalue weighted by molar-refractivity contribution is -0.146. The van der Waals surface area contributed by atoms with Gasteiger partial charge in [-0.25, -0.2) is 14.8 Å². The van der Waals surface area contributed by atoms with Crippen molar-refractivity contribution in [2.45, 2.75) is 65.4 Å². The molecule has 5 nitrogen and oxygen atoms in total. The average molecular weight is 370 g/mol. The lowest BCUT2D eigenvalue weighted by atomic mass is 10.1. The Morgan fingerprint density at radius 2 is 1.70 bits per heavy atom. The lowest BCUT2D eigenvalue weighted by Crippen LogP contribution is -2.26. The normalized spacial score (nSPS) is 12.0. The molecule has 0 aliphatic rings. The zero-order valence-corrected chi connectivity index (χ0v) is 16.6. The first-order valence-electron chi connectivity index (χ1n) is 9.88. The van der Waals surface area contributed by atoms with Crippen molar-refractivity contribution in [1.82, 2.24) is 9.97 Å². The van der Waals surface area contributed by atoms with Gasteiger partial charge in [0, 0.05) is 24.6 Å². The third-order valence-electron chi connectivity index (χ3n) is 4.26. The van der Waals surface area contributed by atoms with Crippen molar-refractivity contribution >= 4 is 5.97 Å². The van der Waals surface area contributed by atoms with Gasteiger partial charge in [-0.3, -0.25) is 0 Å². The number of aryl methyl sites for hydroxylation is 1. The molecule has 2 aromatic rings. The number of benzene rings is 1. The van der Waals surface area contributed by atoms with E-state index in [4.69, 9.17) is 9.47 Å². The van der Waals surface area contributed by atoms with Crippen LogP contribution >= 0.6 is 0 Å². The topological polar surface area (TPSA) is 61.3 Å². The number of aromatic nitrogens is 2. The highest BCUT2D eigenvalue weighted by Crippen LogP contribution is 2.20. The minimum Gasteiger partial charge on any atom is -0.425 e.